The van der Waals surface area contributed by atoms with Gasteiger partial charge >= 0.3 is 0 Å². The molecule has 0 radical (unpaired) electrons. The molecule has 2 unspecified atom stereocenters. The van der Waals surface area contributed by atoms with E-state index in [2.05, 4.69) is 47.4 Å². The Kier molecular flexibility index (Phi) is 5.02. The number of nitrogens with zero attached hydrogens (tertiary/aromatic N) is 4. The molecule has 1 aromatic heterocycles. The molecule has 28 heavy (non-hydrogen) atoms. The van der Waals surface area contributed by atoms with Crippen LogP contribution in [0, 0.1) is 10.8 Å². The Labute approximate surface area is 171 Å². The Balaban J connectivity index is 1.46. The molecular formula is C22H30N4OS. The molecule has 2 bridgehead atoms. The molecule has 1 saturated carbocycles. The maximum atomic E-state index is 13.0. The lowest BCUT2D eigenvalue weighted by Gasteiger charge is -2.39. The predicted molar refractivity (Wildman–Crippen MR) is 113 cm³/mol. The number of hydrogen-bond donors (Lipinski definition) is 0. The van der Waals surface area contributed by atoms with Crippen LogP contribution in [0.2, 0.25) is 0 Å². The van der Waals surface area contributed by atoms with Crippen LogP contribution in [0.25, 0.3) is 11.4 Å². The van der Waals surface area contributed by atoms with Crippen molar-refractivity contribution in [2.75, 3.05) is 12.3 Å². The number of benzene rings is 1. The van der Waals surface area contributed by atoms with Crippen LogP contribution in [0.15, 0.2) is 35.5 Å². The fraction of sp³-hybridized carbons (Fsp3) is 0.591. The third-order valence-corrected chi connectivity index (χ3v) is 7.08. The number of fused-ring (bicyclic) bond motifs is 2. The normalized spacial score (nSPS) is 25.9. The Hall–Kier alpha value is -1.82. The second-order valence-electron chi connectivity index (χ2n) is 9.44. The zero-order valence-electron chi connectivity index (χ0n) is 17.3. The second-order valence-corrected chi connectivity index (χ2v) is 10.4. The van der Waals surface area contributed by atoms with Crippen molar-refractivity contribution in [1.29, 1.82) is 0 Å². The SMILES string of the molecule is CCn1c(SCC(=O)N2CC3(C)CC2CC(C)(C)C3)nnc1-c1ccccc1. The summed E-state index contributed by atoms with van der Waals surface area (Å²) in [5.74, 6) is 1.53. The lowest BCUT2D eigenvalue weighted by atomic mass is 9.65. The summed E-state index contributed by atoms with van der Waals surface area (Å²) in [5.41, 5.74) is 1.65. The van der Waals surface area contributed by atoms with Crippen molar-refractivity contribution in [1.82, 2.24) is 19.7 Å². The van der Waals surface area contributed by atoms with E-state index in [0.717, 1.165) is 42.5 Å². The van der Waals surface area contributed by atoms with E-state index in [1.165, 1.54) is 18.2 Å². The van der Waals surface area contributed by atoms with Gasteiger partial charge in [-0.15, -0.1) is 10.2 Å². The molecule has 2 heterocycles. The molecule has 0 N–H and O–H groups in total. The van der Waals surface area contributed by atoms with Crippen LogP contribution in [0.1, 0.15) is 47.0 Å². The van der Waals surface area contributed by atoms with Crippen molar-refractivity contribution in [2.24, 2.45) is 10.8 Å². The lowest BCUT2D eigenvalue weighted by Crippen LogP contribution is -2.38. The number of carbonyl (C=O) groups excluding carboxylic acids is 1. The molecule has 4 rings (SSSR count). The van der Waals surface area contributed by atoms with E-state index >= 15 is 0 Å². The van der Waals surface area contributed by atoms with Crippen molar-refractivity contribution >= 4 is 17.7 Å². The highest BCUT2D eigenvalue weighted by atomic mass is 32.2. The molecule has 1 aromatic carbocycles. The smallest absolute Gasteiger partial charge is 0.233 e. The summed E-state index contributed by atoms with van der Waals surface area (Å²) >= 11 is 1.51. The monoisotopic (exact) mass is 398 g/mol. The summed E-state index contributed by atoms with van der Waals surface area (Å²) in [5, 5.41) is 9.58. The van der Waals surface area contributed by atoms with E-state index < -0.39 is 0 Å². The molecule has 1 aliphatic carbocycles. The molecule has 2 fully saturated rings. The van der Waals surface area contributed by atoms with Gasteiger partial charge in [0.05, 0.1) is 5.75 Å². The molecule has 1 amide bonds. The zero-order valence-corrected chi connectivity index (χ0v) is 18.1. The number of hydrogen-bond acceptors (Lipinski definition) is 4. The molecule has 0 spiro atoms. The third kappa shape index (κ3) is 3.71. The summed E-state index contributed by atoms with van der Waals surface area (Å²) in [7, 11) is 0. The van der Waals surface area contributed by atoms with Crippen molar-refractivity contribution in [2.45, 2.75) is 64.7 Å². The minimum Gasteiger partial charge on any atom is -0.338 e. The maximum absolute atomic E-state index is 13.0. The van der Waals surface area contributed by atoms with Crippen LogP contribution < -0.4 is 0 Å². The van der Waals surface area contributed by atoms with E-state index in [1.807, 2.05) is 30.3 Å². The van der Waals surface area contributed by atoms with Crippen LogP contribution >= 0.6 is 11.8 Å². The standard InChI is InChI=1S/C22H30N4OS/c1-5-25-19(16-9-7-6-8-10-16)23-24-20(25)28-13-18(27)26-15-22(4)12-17(26)11-21(2,3)14-22/h6-10,17H,5,11-15H2,1-4H3. The predicted octanol–water partition coefficient (Wildman–Crippen LogP) is 4.48. The first-order chi connectivity index (χ1) is 13.3. The first-order valence-corrected chi connectivity index (χ1v) is 11.2. The summed E-state index contributed by atoms with van der Waals surface area (Å²) in [6, 6.07) is 10.5. The van der Waals surface area contributed by atoms with Crippen LogP contribution in [0.5, 0.6) is 0 Å². The van der Waals surface area contributed by atoms with Crippen LogP contribution in [-0.4, -0.2) is 43.9 Å². The van der Waals surface area contributed by atoms with E-state index in [4.69, 9.17) is 0 Å². The van der Waals surface area contributed by atoms with E-state index in [-0.39, 0.29) is 11.3 Å². The summed E-state index contributed by atoms with van der Waals surface area (Å²) in [4.78, 5) is 15.2. The Morgan fingerprint density at radius 2 is 1.93 bits per heavy atom. The number of carbonyl (C=O) groups is 1. The summed E-state index contributed by atoms with van der Waals surface area (Å²) in [6.45, 7) is 10.8. The van der Waals surface area contributed by atoms with Crippen LogP contribution in [0.4, 0.5) is 0 Å². The number of thioether (sulfide) groups is 1. The molecule has 2 aromatic rings. The highest BCUT2D eigenvalue weighted by molar-refractivity contribution is 7.99. The fourth-order valence-corrected chi connectivity index (χ4v) is 6.33. The first kappa shape index (κ1) is 19.5. The molecule has 2 atom stereocenters. The summed E-state index contributed by atoms with van der Waals surface area (Å²) < 4.78 is 2.10. The minimum absolute atomic E-state index is 0.239. The van der Waals surface area contributed by atoms with Crippen molar-refractivity contribution < 1.29 is 4.79 Å². The van der Waals surface area contributed by atoms with Gasteiger partial charge in [-0.25, -0.2) is 0 Å². The first-order valence-electron chi connectivity index (χ1n) is 10.2. The highest BCUT2D eigenvalue weighted by Gasteiger charge is 2.50. The molecule has 1 saturated heterocycles. The van der Waals surface area contributed by atoms with E-state index in [0.29, 0.717) is 17.2 Å². The Morgan fingerprint density at radius 3 is 2.64 bits per heavy atom. The topological polar surface area (TPSA) is 51.0 Å². The fourth-order valence-electron chi connectivity index (χ4n) is 5.44. The van der Waals surface area contributed by atoms with E-state index in [9.17, 15) is 4.79 Å². The Morgan fingerprint density at radius 1 is 1.18 bits per heavy atom. The summed E-state index contributed by atoms with van der Waals surface area (Å²) in [6.07, 6.45) is 3.47. The van der Waals surface area contributed by atoms with Gasteiger partial charge in [-0.3, -0.25) is 4.79 Å². The van der Waals surface area contributed by atoms with Gasteiger partial charge in [0.2, 0.25) is 5.91 Å². The average Bonchev–Trinajstić information content (AvgIpc) is 3.17. The number of aromatic nitrogens is 3. The minimum atomic E-state index is 0.239. The van der Waals surface area contributed by atoms with Crippen LogP contribution in [0.3, 0.4) is 0 Å². The molecule has 2 aliphatic rings. The lowest BCUT2D eigenvalue weighted by molar-refractivity contribution is -0.129. The zero-order chi connectivity index (χ0) is 19.9. The Bertz CT molecular complexity index is 863. The van der Waals surface area contributed by atoms with Gasteiger partial charge in [-0.05, 0) is 37.0 Å². The van der Waals surface area contributed by atoms with Gasteiger partial charge in [0.1, 0.15) is 0 Å². The molecule has 150 valence electrons. The molecular weight excluding hydrogens is 368 g/mol. The van der Waals surface area contributed by atoms with Gasteiger partial charge in [-0.2, -0.15) is 0 Å². The van der Waals surface area contributed by atoms with Crippen molar-refractivity contribution in [3.05, 3.63) is 30.3 Å². The quantitative estimate of drug-likeness (QED) is 0.697. The highest BCUT2D eigenvalue weighted by Crippen LogP contribution is 2.52. The number of likely N-dealkylation sites (tertiary alicyclic amines) is 1. The molecule has 5 nitrogen and oxygen atoms in total. The largest absolute Gasteiger partial charge is 0.338 e. The average molecular weight is 399 g/mol. The van der Waals surface area contributed by atoms with E-state index in [1.54, 1.807) is 0 Å². The van der Waals surface area contributed by atoms with Crippen molar-refractivity contribution in [3.63, 3.8) is 0 Å². The van der Waals surface area contributed by atoms with Gasteiger partial charge in [0.15, 0.2) is 11.0 Å². The van der Waals surface area contributed by atoms with Gasteiger partial charge in [0, 0.05) is 24.7 Å². The second kappa shape index (κ2) is 7.21. The van der Waals surface area contributed by atoms with Gasteiger partial charge < -0.3 is 9.47 Å². The maximum Gasteiger partial charge on any atom is 0.233 e. The van der Waals surface area contributed by atoms with Crippen LogP contribution in [-0.2, 0) is 11.3 Å². The van der Waals surface area contributed by atoms with Gasteiger partial charge in [0.25, 0.3) is 0 Å². The van der Waals surface area contributed by atoms with Gasteiger partial charge in [-0.1, -0.05) is 62.9 Å². The number of amides is 1. The third-order valence-electron chi connectivity index (χ3n) is 6.12. The number of rotatable bonds is 5. The van der Waals surface area contributed by atoms with Crippen molar-refractivity contribution in [3.8, 4) is 11.4 Å². The molecule has 1 aliphatic heterocycles. The molecule has 6 heteroatoms.